The zero-order valence-electron chi connectivity index (χ0n) is 44.8. The number of unbranched alkanes of at least 4 members (excludes halogenated alkanes) is 33. The molecule has 0 N–H and O–H groups in total. The number of hydrogen-bond donors (Lipinski definition) is 0. The summed E-state index contributed by atoms with van der Waals surface area (Å²) in [6, 6.07) is 0. The third kappa shape index (κ3) is 50.1. The number of ether oxygens (including phenoxy) is 3. The van der Waals surface area contributed by atoms with Gasteiger partial charge in [-0.25, -0.2) is 0 Å². The largest absolute Gasteiger partial charge is 0.462 e. The molecule has 65 heavy (non-hydrogen) atoms. The summed E-state index contributed by atoms with van der Waals surface area (Å²) in [6.07, 6.45) is 52.4. The Morgan fingerprint density at radius 2 is 0.538 bits per heavy atom. The van der Waals surface area contributed by atoms with Gasteiger partial charge >= 0.3 is 17.9 Å². The van der Waals surface area contributed by atoms with E-state index in [4.69, 9.17) is 14.2 Å². The Balaban J connectivity index is 4.25. The summed E-state index contributed by atoms with van der Waals surface area (Å²) < 4.78 is 16.9. The molecule has 0 aliphatic heterocycles. The number of carbonyl (C=O) groups excluding carboxylic acids is 3. The van der Waals surface area contributed by atoms with Crippen molar-refractivity contribution < 1.29 is 28.6 Å². The molecule has 2 unspecified atom stereocenters. The van der Waals surface area contributed by atoms with Crippen LogP contribution in [0.15, 0.2) is 0 Å². The Labute approximate surface area is 406 Å². The van der Waals surface area contributed by atoms with Crippen LogP contribution < -0.4 is 0 Å². The van der Waals surface area contributed by atoms with Crippen molar-refractivity contribution in [3.05, 3.63) is 0 Å². The van der Waals surface area contributed by atoms with Gasteiger partial charge in [0, 0.05) is 19.3 Å². The van der Waals surface area contributed by atoms with Gasteiger partial charge in [0.1, 0.15) is 13.2 Å². The molecule has 0 aromatic rings. The molecule has 0 aliphatic rings. The standard InChI is InChI=1S/C59H114O6/c1-7-54(5)46-40-34-28-24-20-16-13-14-18-22-26-30-38-44-50-59(62)65-56(52-64-58(61)49-43-37-32-31-35-41-47-55(6)8-2)51-63-57(60)48-42-36-29-25-21-17-12-10-9-11-15-19-23-27-33-39-45-53(3)4/h53-56H,7-52H2,1-6H3/t54?,55?,56-/m0/s1. The van der Waals surface area contributed by atoms with Crippen LogP contribution >= 0.6 is 0 Å². The van der Waals surface area contributed by atoms with Gasteiger partial charge in [0.05, 0.1) is 0 Å². The van der Waals surface area contributed by atoms with Gasteiger partial charge in [-0.2, -0.15) is 0 Å². The fourth-order valence-corrected chi connectivity index (χ4v) is 8.93. The third-order valence-electron chi connectivity index (χ3n) is 14.1. The molecule has 0 spiro atoms. The first-order chi connectivity index (χ1) is 31.7. The van der Waals surface area contributed by atoms with Gasteiger partial charge in [-0.1, -0.05) is 286 Å². The Morgan fingerprint density at radius 1 is 0.308 bits per heavy atom. The first-order valence-corrected chi connectivity index (χ1v) is 29.2. The van der Waals surface area contributed by atoms with Crippen LogP contribution in [0.2, 0.25) is 0 Å². The van der Waals surface area contributed by atoms with Gasteiger partial charge in [-0.3, -0.25) is 14.4 Å². The van der Waals surface area contributed by atoms with Crippen LogP contribution in [0.25, 0.3) is 0 Å². The van der Waals surface area contributed by atoms with Crippen molar-refractivity contribution >= 4 is 17.9 Å². The van der Waals surface area contributed by atoms with Crippen LogP contribution in [-0.2, 0) is 28.6 Å². The van der Waals surface area contributed by atoms with E-state index >= 15 is 0 Å². The number of rotatable bonds is 52. The first-order valence-electron chi connectivity index (χ1n) is 29.2. The lowest BCUT2D eigenvalue weighted by Gasteiger charge is -2.18. The molecule has 0 fully saturated rings. The van der Waals surface area contributed by atoms with Gasteiger partial charge in [-0.15, -0.1) is 0 Å². The predicted octanol–water partition coefficient (Wildman–Crippen LogP) is 19.1. The smallest absolute Gasteiger partial charge is 0.306 e. The molecule has 0 aliphatic carbocycles. The van der Waals surface area contributed by atoms with E-state index in [9.17, 15) is 14.4 Å². The number of esters is 3. The van der Waals surface area contributed by atoms with E-state index in [0.717, 1.165) is 75.5 Å². The second-order valence-electron chi connectivity index (χ2n) is 21.2. The fraction of sp³-hybridized carbons (Fsp3) is 0.949. The van der Waals surface area contributed by atoms with E-state index < -0.39 is 6.10 Å². The molecular formula is C59H114O6. The minimum atomic E-state index is -0.764. The highest BCUT2D eigenvalue weighted by Crippen LogP contribution is 2.19. The van der Waals surface area contributed by atoms with Crippen LogP contribution in [0.3, 0.4) is 0 Å². The topological polar surface area (TPSA) is 78.9 Å². The zero-order valence-corrected chi connectivity index (χ0v) is 44.8. The van der Waals surface area contributed by atoms with Crippen molar-refractivity contribution in [2.24, 2.45) is 17.8 Å². The number of carbonyl (C=O) groups is 3. The number of hydrogen-bond acceptors (Lipinski definition) is 6. The van der Waals surface area contributed by atoms with E-state index in [0.29, 0.717) is 19.3 Å². The van der Waals surface area contributed by atoms with E-state index in [-0.39, 0.29) is 31.1 Å². The molecule has 6 heteroatoms. The molecule has 0 radical (unpaired) electrons. The summed E-state index contributed by atoms with van der Waals surface area (Å²) in [5, 5.41) is 0. The predicted molar refractivity (Wildman–Crippen MR) is 279 cm³/mol. The summed E-state index contributed by atoms with van der Waals surface area (Å²) in [5.41, 5.74) is 0. The fourth-order valence-electron chi connectivity index (χ4n) is 8.93. The molecule has 0 saturated heterocycles. The van der Waals surface area contributed by atoms with Crippen LogP contribution in [0, 0.1) is 17.8 Å². The molecule has 0 bridgehead atoms. The summed E-state index contributed by atoms with van der Waals surface area (Å²) in [7, 11) is 0. The lowest BCUT2D eigenvalue weighted by Crippen LogP contribution is -2.30. The summed E-state index contributed by atoms with van der Waals surface area (Å²) in [6.45, 7) is 13.8. The zero-order chi connectivity index (χ0) is 47.7. The molecule has 0 heterocycles. The molecular weight excluding hydrogens is 805 g/mol. The summed E-state index contributed by atoms with van der Waals surface area (Å²) in [4.78, 5) is 38.1. The van der Waals surface area contributed by atoms with Gasteiger partial charge in [0.2, 0.25) is 0 Å². The van der Waals surface area contributed by atoms with Crippen molar-refractivity contribution in [2.45, 2.75) is 330 Å². The van der Waals surface area contributed by atoms with Crippen molar-refractivity contribution in [1.29, 1.82) is 0 Å². The molecule has 0 aromatic carbocycles. The molecule has 0 aromatic heterocycles. The van der Waals surface area contributed by atoms with Gasteiger partial charge in [0.25, 0.3) is 0 Å². The highest BCUT2D eigenvalue weighted by atomic mass is 16.6. The van der Waals surface area contributed by atoms with Gasteiger partial charge < -0.3 is 14.2 Å². The molecule has 3 atom stereocenters. The van der Waals surface area contributed by atoms with Crippen LogP contribution in [0.1, 0.15) is 324 Å². The maximum Gasteiger partial charge on any atom is 0.306 e. The second-order valence-corrected chi connectivity index (χ2v) is 21.2. The normalized spacial score (nSPS) is 13.0. The monoisotopic (exact) mass is 919 g/mol. The summed E-state index contributed by atoms with van der Waals surface area (Å²) >= 11 is 0. The van der Waals surface area contributed by atoms with Gasteiger partial charge in [0.15, 0.2) is 6.10 Å². The van der Waals surface area contributed by atoms with Crippen molar-refractivity contribution in [3.63, 3.8) is 0 Å². The van der Waals surface area contributed by atoms with Gasteiger partial charge in [-0.05, 0) is 37.0 Å². The lowest BCUT2D eigenvalue weighted by atomic mass is 9.99. The maximum absolute atomic E-state index is 12.8. The van der Waals surface area contributed by atoms with Crippen LogP contribution in [0.5, 0.6) is 0 Å². The minimum Gasteiger partial charge on any atom is -0.462 e. The Bertz CT molecular complexity index is 1010. The summed E-state index contributed by atoms with van der Waals surface area (Å²) in [5.74, 6) is 1.71. The van der Waals surface area contributed by atoms with Crippen molar-refractivity contribution in [2.75, 3.05) is 13.2 Å². The Hall–Kier alpha value is -1.59. The van der Waals surface area contributed by atoms with E-state index in [1.807, 2.05) is 0 Å². The minimum absolute atomic E-state index is 0.0642. The highest BCUT2D eigenvalue weighted by Gasteiger charge is 2.19. The maximum atomic E-state index is 12.8. The average molecular weight is 920 g/mol. The molecule has 0 amide bonds. The third-order valence-corrected chi connectivity index (χ3v) is 14.1. The molecule has 386 valence electrons. The van der Waals surface area contributed by atoms with Crippen LogP contribution in [0.4, 0.5) is 0 Å². The van der Waals surface area contributed by atoms with Crippen LogP contribution in [-0.4, -0.2) is 37.2 Å². The second kappa shape index (κ2) is 50.3. The van der Waals surface area contributed by atoms with E-state index in [2.05, 4.69) is 41.5 Å². The quantitative estimate of drug-likeness (QED) is 0.0344. The highest BCUT2D eigenvalue weighted by molar-refractivity contribution is 5.71. The van der Waals surface area contributed by atoms with Crippen molar-refractivity contribution in [3.8, 4) is 0 Å². The first kappa shape index (κ1) is 63.4. The van der Waals surface area contributed by atoms with Crippen molar-refractivity contribution in [1.82, 2.24) is 0 Å². The lowest BCUT2D eigenvalue weighted by molar-refractivity contribution is -0.167. The van der Waals surface area contributed by atoms with E-state index in [1.165, 1.54) is 205 Å². The van der Waals surface area contributed by atoms with E-state index in [1.54, 1.807) is 0 Å². The molecule has 6 nitrogen and oxygen atoms in total. The average Bonchev–Trinajstić information content (AvgIpc) is 3.29. The molecule has 0 saturated carbocycles. The Kier molecular flexibility index (Phi) is 49.1. The SMILES string of the molecule is CCC(C)CCCCCCCCCCCCCCCCC(=O)O[C@@H](COC(=O)CCCCCCCCCCCCCCCCCCC(C)C)COC(=O)CCCCCCCCC(C)CC. The molecule has 0 rings (SSSR count). The Morgan fingerprint density at radius 3 is 0.800 bits per heavy atom.